The van der Waals surface area contributed by atoms with Crippen LogP contribution in [0.25, 0.3) is 11.3 Å². The summed E-state index contributed by atoms with van der Waals surface area (Å²) < 4.78 is 30.6. The molecule has 8 N–H and O–H groups in total. The van der Waals surface area contributed by atoms with Gasteiger partial charge in [-0.2, -0.15) is 5.10 Å². The lowest BCUT2D eigenvalue weighted by atomic mass is 9.94. The number of nitrogens with two attached hydrogens (primary N) is 3. The molecule has 0 spiro atoms. The number of allylic oxidation sites excluding steroid dienone is 1. The summed E-state index contributed by atoms with van der Waals surface area (Å²) in [5.41, 5.74) is 19.6. The molecular weight excluding hydrogens is 938 g/mol. The van der Waals surface area contributed by atoms with Crippen molar-refractivity contribution in [3.63, 3.8) is 0 Å². The highest BCUT2D eigenvalue weighted by Gasteiger charge is 2.26. The van der Waals surface area contributed by atoms with Crippen LogP contribution in [0.2, 0.25) is 10.0 Å². The third-order valence-electron chi connectivity index (χ3n) is 9.60. The number of nitrogens with one attached hydrogen (secondary N) is 2. The molecule has 0 aliphatic heterocycles. The fourth-order valence-corrected chi connectivity index (χ4v) is 6.74. The van der Waals surface area contributed by atoms with Crippen molar-refractivity contribution in [3.05, 3.63) is 220 Å². The highest BCUT2D eigenvalue weighted by atomic mass is 35.5. The van der Waals surface area contributed by atoms with Crippen LogP contribution in [0.1, 0.15) is 65.3 Å². The van der Waals surface area contributed by atoms with Crippen molar-refractivity contribution in [2.45, 2.75) is 45.7 Å². The Morgan fingerprint density at radius 2 is 1.41 bits per heavy atom. The molecular formula is C52H52Cl2F2N10O4. The number of benzene rings is 5. The first-order valence-corrected chi connectivity index (χ1v) is 22.5. The zero-order valence-electron chi connectivity index (χ0n) is 38.3. The van der Waals surface area contributed by atoms with E-state index >= 15 is 0 Å². The summed E-state index contributed by atoms with van der Waals surface area (Å²) >= 11 is 11.6. The van der Waals surface area contributed by atoms with Gasteiger partial charge >= 0.3 is 0 Å². The molecule has 70 heavy (non-hydrogen) atoms. The van der Waals surface area contributed by atoms with E-state index in [-0.39, 0.29) is 60.6 Å². The maximum atomic E-state index is 14.7. The van der Waals surface area contributed by atoms with Crippen molar-refractivity contribution in [2.75, 3.05) is 6.54 Å². The van der Waals surface area contributed by atoms with Gasteiger partial charge in [-0.05, 0) is 65.7 Å². The summed E-state index contributed by atoms with van der Waals surface area (Å²) in [4.78, 5) is 60.9. The number of hydrogen-bond donors (Lipinski definition) is 5. The summed E-state index contributed by atoms with van der Waals surface area (Å²) in [6.07, 6.45) is 5.26. The molecule has 0 bridgehead atoms. The zero-order chi connectivity index (χ0) is 50.8. The Bertz CT molecular complexity index is 2850. The van der Waals surface area contributed by atoms with Gasteiger partial charge in [0.2, 0.25) is 17.7 Å². The molecule has 362 valence electrons. The van der Waals surface area contributed by atoms with Crippen LogP contribution in [0.4, 0.5) is 8.78 Å². The zero-order valence-corrected chi connectivity index (χ0v) is 39.8. The molecule has 2 aromatic heterocycles. The minimum atomic E-state index is -0.929. The van der Waals surface area contributed by atoms with Crippen LogP contribution in [-0.2, 0) is 27.5 Å². The summed E-state index contributed by atoms with van der Waals surface area (Å²) in [6.45, 7) is 4.56. The van der Waals surface area contributed by atoms with Gasteiger partial charge in [0.25, 0.3) is 5.91 Å². The Morgan fingerprint density at radius 3 is 2.00 bits per heavy atom. The van der Waals surface area contributed by atoms with Gasteiger partial charge in [-0.25, -0.2) is 18.7 Å². The van der Waals surface area contributed by atoms with Gasteiger partial charge in [0.15, 0.2) is 0 Å². The van der Waals surface area contributed by atoms with Crippen LogP contribution in [0.5, 0.6) is 0 Å². The molecule has 2 heterocycles. The standard InChI is InChI=1S/C26H24ClFN4O2.C18H17FN6O2.C6H5Cl.C2H6/c27-19-10-6-9-18(13-19)21(14-24(30)33)26(34)32-23(15-29)25(20-11-4-5-12-22(20)28)31-16-17-7-2-1-3-8-17;19-15-4-2-1-3-13(15)17-14(18(27)22-8-6-16(20)26)9-24-25(17)10-12-5-7-21-11-23-12;7-6-4-2-1-3-5-6;1-2/h1-13,15,21H,14,16,29H2,(H2,30,33)(H,32,34);1-5,7,9,11H,6,8,10H2,(H2,20,26)(H,22,27);1-5H;1-2H3/b23-15+,31-25?;;;. The second-order valence-corrected chi connectivity index (χ2v) is 15.4. The quantitative estimate of drug-likeness (QED) is 0.0588. The lowest BCUT2D eigenvalue weighted by Gasteiger charge is -2.19. The number of aliphatic imine (C=N–C) groups is 1. The molecule has 0 fully saturated rings. The third kappa shape index (κ3) is 17.2. The molecule has 0 saturated heterocycles. The van der Waals surface area contributed by atoms with Gasteiger partial charge < -0.3 is 27.8 Å². The van der Waals surface area contributed by atoms with E-state index in [2.05, 4.69) is 30.7 Å². The Morgan fingerprint density at radius 1 is 0.771 bits per heavy atom. The van der Waals surface area contributed by atoms with Crippen LogP contribution < -0.4 is 27.8 Å². The number of rotatable bonds is 16. The highest BCUT2D eigenvalue weighted by Crippen LogP contribution is 2.28. The number of halogens is 4. The third-order valence-corrected chi connectivity index (χ3v) is 10.1. The summed E-state index contributed by atoms with van der Waals surface area (Å²) in [5, 5.41) is 10.7. The maximum Gasteiger partial charge on any atom is 0.255 e. The highest BCUT2D eigenvalue weighted by molar-refractivity contribution is 6.31. The van der Waals surface area contributed by atoms with E-state index < -0.39 is 41.2 Å². The molecule has 0 radical (unpaired) electrons. The van der Waals surface area contributed by atoms with E-state index in [1.165, 1.54) is 29.3 Å². The van der Waals surface area contributed by atoms with E-state index in [0.717, 1.165) is 16.8 Å². The van der Waals surface area contributed by atoms with Crippen molar-refractivity contribution in [1.29, 1.82) is 0 Å². The normalized spacial score (nSPS) is 11.2. The number of amides is 4. The number of nitrogens with zero attached hydrogens (tertiary/aromatic N) is 5. The average molecular weight is 990 g/mol. The minimum Gasteiger partial charge on any atom is -0.403 e. The van der Waals surface area contributed by atoms with Crippen LogP contribution >= 0.6 is 23.2 Å². The SMILES string of the molecule is CC.Clc1ccccc1.N/C=C(/NC(=O)C(CC(N)=O)c1cccc(Cl)c1)C(=NCc1ccccc1)c1ccccc1F.NC(=O)CCNC(=O)c1cnn(Cc2ccncn2)c1-c1ccccc1F. The molecule has 14 nitrogen and oxygen atoms in total. The van der Waals surface area contributed by atoms with Gasteiger partial charge in [-0.3, -0.25) is 28.9 Å². The molecule has 0 aliphatic rings. The summed E-state index contributed by atoms with van der Waals surface area (Å²) in [5.74, 6) is -4.14. The Balaban J connectivity index is 0.000000263. The van der Waals surface area contributed by atoms with Crippen molar-refractivity contribution >= 4 is 52.5 Å². The number of hydrogen-bond acceptors (Lipinski definition) is 9. The average Bonchev–Trinajstić information content (AvgIpc) is 3.78. The molecule has 1 atom stereocenters. The molecule has 18 heteroatoms. The fraction of sp³-hybridized carbons (Fsp3) is 0.154. The van der Waals surface area contributed by atoms with Crippen molar-refractivity contribution in [1.82, 2.24) is 30.4 Å². The van der Waals surface area contributed by atoms with Crippen LogP contribution in [-0.4, -0.2) is 55.6 Å². The minimum absolute atomic E-state index is 0.00977. The number of aromatic nitrogens is 4. The first kappa shape index (κ1) is 54.5. The Labute approximate surface area is 414 Å². The smallest absolute Gasteiger partial charge is 0.255 e. The molecule has 5 aromatic carbocycles. The molecule has 1 unspecified atom stereocenters. The number of carbonyl (C=O) groups is 4. The molecule has 0 saturated carbocycles. The maximum absolute atomic E-state index is 14.7. The van der Waals surface area contributed by atoms with E-state index in [1.807, 2.05) is 74.5 Å². The lowest BCUT2D eigenvalue weighted by molar-refractivity contribution is -0.126. The first-order valence-electron chi connectivity index (χ1n) is 21.8. The number of primary amides is 2. The van der Waals surface area contributed by atoms with E-state index in [4.69, 9.17) is 40.4 Å². The monoisotopic (exact) mass is 988 g/mol. The van der Waals surface area contributed by atoms with E-state index in [9.17, 15) is 28.0 Å². The predicted octanol–water partition coefficient (Wildman–Crippen LogP) is 8.54. The number of carbonyl (C=O) groups excluding carboxylic acids is 4. The molecule has 7 aromatic rings. The van der Waals surface area contributed by atoms with Crippen LogP contribution in [0, 0.1) is 11.6 Å². The van der Waals surface area contributed by atoms with Gasteiger partial charge in [0.05, 0.1) is 53.6 Å². The van der Waals surface area contributed by atoms with E-state index in [1.54, 1.807) is 72.9 Å². The topological polar surface area (TPSA) is 226 Å². The van der Waals surface area contributed by atoms with Gasteiger partial charge in [-0.15, -0.1) is 0 Å². The van der Waals surface area contributed by atoms with Gasteiger partial charge in [-0.1, -0.05) is 122 Å². The summed E-state index contributed by atoms with van der Waals surface area (Å²) in [6, 6.07) is 39.3. The van der Waals surface area contributed by atoms with E-state index in [0.29, 0.717) is 22.0 Å². The lowest BCUT2D eigenvalue weighted by Crippen LogP contribution is -2.35. The van der Waals surface area contributed by atoms with Gasteiger partial charge in [0, 0.05) is 53.0 Å². The first-order chi connectivity index (χ1) is 33.8. The van der Waals surface area contributed by atoms with Crippen LogP contribution in [0.15, 0.2) is 175 Å². The Hall–Kier alpha value is -8.08. The Kier molecular flexibility index (Phi) is 22.6. The van der Waals surface area contributed by atoms with Crippen molar-refractivity contribution in [3.8, 4) is 11.3 Å². The second-order valence-electron chi connectivity index (χ2n) is 14.5. The fourth-order valence-electron chi connectivity index (χ4n) is 6.39. The van der Waals surface area contributed by atoms with Gasteiger partial charge in [0.1, 0.15) is 18.0 Å². The second kappa shape index (κ2) is 29.0. The molecule has 4 amide bonds. The summed E-state index contributed by atoms with van der Waals surface area (Å²) in [7, 11) is 0. The molecule has 0 aliphatic carbocycles. The van der Waals surface area contributed by atoms with Crippen molar-refractivity contribution < 1.29 is 28.0 Å². The predicted molar refractivity (Wildman–Crippen MR) is 269 cm³/mol. The molecule has 7 rings (SSSR count). The largest absolute Gasteiger partial charge is 0.403 e. The van der Waals surface area contributed by atoms with Crippen molar-refractivity contribution in [2.24, 2.45) is 22.2 Å². The van der Waals surface area contributed by atoms with Crippen LogP contribution in [0.3, 0.4) is 0 Å².